The van der Waals surface area contributed by atoms with Crippen molar-refractivity contribution < 1.29 is 24.2 Å². The Balaban J connectivity index is 4.92. The van der Waals surface area contributed by atoms with Gasteiger partial charge in [0.15, 0.2) is 0 Å². The van der Waals surface area contributed by atoms with Gasteiger partial charge in [-0.2, -0.15) is 0 Å². The molecular weight excluding hydrogens is 779 g/mol. The third-order valence-corrected chi connectivity index (χ3v) is 13.7. The molecule has 2 N–H and O–H groups in total. The third kappa shape index (κ3) is 44.0. The molecular formula is C57H111NO5. The van der Waals surface area contributed by atoms with Crippen molar-refractivity contribution in [3.05, 3.63) is 0 Å². The standard InChI is InChI=1S/C57H111NO5/c1-5-8-11-14-17-20-23-26-29-32-35-38-41-44-47-50-54(63-55(59)51-48-45-42-39-36-33-30-27-24-21-18-15-12-9-6-2)53(56(60)58-52(4)57(61)62)49-46-43-40-37-34-31-28-25-22-19-16-13-10-7-3/h52-54H,5-51H2,1-4H3,(H,58,60)(H,61,62)/t52-,53?,54?/m0/s1. The van der Waals surface area contributed by atoms with E-state index in [1.165, 1.54) is 238 Å². The van der Waals surface area contributed by atoms with Gasteiger partial charge in [0.2, 0.25) is 5.91 Å². The normalized spacial score (nSPS) is 13.0. The molecule has 6 nitrogen and oxygen atoms in total. The molecule has 2 unspecified atom stereocenters. The summed E-state index contributed by atoms with van der Waals surface area (Å²) in [5, 5.41) is 12.4. The van der Waals surface area contributed by atoms with Crippen LogP contribution in [0.5, 0.6) is 0 Å². The van der Waals surface area contributed by atoms with Gasteiger partial charge in [0.05, 0.1) is 5.92 Å². The summed E-state index contributed by atoms with van der Waals surface area (Å²) in [5.41, 5.74) is 0. The first-order valence-electron chi connectivity index (χ1n) is 28.6. The molecule has 0 heterocycles. The Hall–Kier alpha value is -1.59. The fraction of sp³-hybridized carbons (Fsp3) is 0.947. The average Bonchev–Trinajstić information content (AvgIpc) is 3.27. The maximum absolute atomic E-state index is 13.7. The maximum Gasteiger partial charge on any atom is 0.325 e. The van der Waals surface area contributed by atoms with E-state index in [4.69, 9.17) is 4.74 Å². The van der Waals surface area contributed by atoms with E-state index in [2.05, 4.69) is 26.1 Å². The number of rotatable bonds is 52. The van der Waals surface area contributed by atoms with Crippen molar-refractivity contribution in [1.29, 1.82) is 0 Å². The Morgan fingerprint density at radius 2 is 0.635 bits per heavy atom. The number of unbranched alkanes of at least 4 members (excludes halogenated alkanes) is 41. The molecule has 0 rings (SSSR count). The number of esters is 1. The largest absolute Gasteiger partial charge is 0.480 e. The number of carbonyl (C=O) groups is 3. The molecule has 1 amide bonds. The summed E-state index contributed by atoms with van der Waals surface area (Å²) in [6.07, 6.45) is 57.7. The number of aliphatic carboxylic acids is 1. The molecule has 0 aliphatic rings. The SMILES string of the molecule is CCCCCCCCCCCCCCCCCC(=O)OC(CCCCCCCCCCCCCCCCC)C(CCCCCCCCCCCCCCCC)C(=O)N[C@@H](C)C(=O)O. The highest BCUT2D eigenvalue weighted by Crippen LogP contribution is 2.25. The van der Waals surface area contributed by atoms with E-state index in [0.29, 0.717) is 19.3 Å². The maximum atomic E-state index is 13.7. The van der Waals surface area contributed by atoms with Crippen LogP contribution < -0.4 is 5.32 Å². The molecule has 0 aliphatic carbocycles. The van der Waals surface area contributed by atoms with E-state index in [0.717, 1.165) is 51.4 Å². The number of nitrogens with one attached hydrogen (secondary N) is 1. The average molecular weight is 891 g/mol. The number of carbonyl (C=O) groups excluding carboxylic acids is 2. The first-order valence-corrected chi connectivity index (χ1v) is 28.6. The van der Waals surface area contributed by atoms with Crippen molar-refractivity contribution >= 4 is 17.8 Å². The summed E-state index contributed by atoms with van der Waals surface area (Å²) in [4.78, 5) is 38.9. The van der Waals surface area contributed by atoms with Gasteiger partial charge in [-0.15, -0.1) is 0 Å². The van der Waals surface area contributed by atoms with Crippen molar-refractivity contribution in [2.75, 3.05) is 0 Å². The zero-order valence-electron chi connectivity index (χ0n) is 43.0. The van der Waals surface area contributed by atoms with E-state index in [9.17, 15) is 19.5 Å². The molecule has 0 aliphatic heterocycles. The lowest BCUT2D eigenvalue weighted by molar-refractivity contribution is -0.156. The van der Waals surface area contributed by atoms with Crippen LogP contribution in [0.3, 0.4) is 0 Å². The molecule has 0 bridgehead atoms. The molecule has 0 aromatic carbocycles. The van der Waals surface area contributed by atoms with Crippen LogP contribution in [0.2, 0.25) is 0 Å². The second kappa shape index (κ2) is 49.8. The number of carboxylic acids is 1. The first-order chi connectivity index (χ1) is 30.9. The van der Waals surface area contributed by atoms with Crippen molar-refractivity contribution in [2.45, 2.75) is 342 Å². The van der Waals surface area contributed by atoms with Crippen molar-refractivity contribution in [1.82, 2.24) is 5.32 Å². The lowest BCUT2D eigenvalue weighted by atomic mass is 9.90. The number of hydrogen-bond acceptors (Lipinski definition) is 4. The molecule has 0 fully saturated rings. The molecule has 0 radical (unpaired) electrons. The predicted octanol–water partition coefficient (Wildman–Crippen LogP) is 18.5. The van der Waals surface area contributed by atoms with E-state index in [-0.39, 0.29) is 11.9 Å². The summed E-state index contributed by atoms with van der Waals surface area (Å²) in [6.45, 7) is 8.36. The van der Waals surface area contributed by atoms with Crippen LogP contribution in [0.1, 0.15) is 329 Å². The Labute approximate surface area is 393 Å². The lowest BCUT2D eigenvalue weighted by Crippen LogP contribution is -2.46. The van der Waals surface area contributed by atoms with Gasteiger partial charge in [-0.25, -0.2) is 0 Å². The smallest absolute Gasteiger partial charge is 0.325 e. The van der Waals surface area contributed by atoms with E-state index >= 15 is 0 Å². The summed E-state index contributed by atoms with van der Waals surface area (Å²) in [7, 11) is 0. The minimum Gasteiger partial charge on any atom is -0.480 e. The fourth-order valence-corrected chi connectivity index (χ4v) is 9.35. The zero-order valence-corrected chi connectivity index (χ0v) is 43.0. The number of ether oxygens (including phenoxy) is 1. The van der Waals surface area contributed by atoms with Crippen molar-refractivity contribution in [3.8, 4) is 0 Å². The number of hydrogen-bond donors (Lipinski definition) is 2. The molecule has 0 saturated heterocycles. The van der Waals surface area contributed by atoms with Gasteiger partial charge in [0, 0.05) is 6.42 Å². The summed E-state index contributed by atoms with van der Waals surface area (Å²) in [6, 6.07) is -0.973. The molecule has 0 aromatic rings. The second-order valence-corrected chi connectivity index (χ2v) is 20.0. The van der Waals surface area contributed by atoms with Crippen LogP contribution in [0, 0.1) is 5.92 Å². The molecule has 0 spiro atoms. The first kappa shape index (κ1) is 61.4. The van der Waals surface area contributed by atoms with Gasteiger partial charge in [0.1, 0.15) is 12.1 Å². The third-order valence-electron chi connectivity index (χ3n) is 13.7. The summed E-state index contributed by atoms with van der Waals surface area (Å²) in [5.74, 6) is -2.02. The molecule has 374 valence electrons. The van der Waals surface area contributed by atoms with E-state index < -0.39 is 24.0 Å². The van der Waals surface area contributed by atoms with Crippen molar-refractivity contribution in [3.63, 3.8) is 0 Å². The molecule has 0 saturated carbocycles. The minimum absolute atomic E-state index is 0.194. The number of amides is 1. The van der Waals surface area contributed by atoms with Crippen LogP contribution in [0.25, 0.3) is 0 Å². The highest BCUT2D eigenvalue weighted by Gasteiger charge is 2.32. The number of carboxylic acid groups (broad SMARTS) is 1. The fourth-order valence-electron chi connectivity index (χ4n) is 9.35. The minimum atomic E-state index is -1.04. The molecule has 6 heteroatoms. The Bertz CT molecular complexity index is 970. The van der Waals surface area contributed by atoms with Gasteiger partial charge in [-0.1, -0.05) is 290 Å². The quantitative estimate of drug-likeness (QED) is 0.0469. The van der Waals surface area contributed by atoms with Crippen LogP contribution in [0.4, 0.5) is 0 Å². The van der Waals surface area contributed by atoms with Gasteiger partial charge < -0.3 is 15.2 Å². The van der Waals surface area contributed by atoms with Crippen LogP contribution in [-0.4, -0.2) is 35.1 Å². The topological polar surface area (TPSA) is 92.7 Å². The lowest BCUT2D eigenvalue weighted by Gasteiger charge is -2.27. The van der Waals surface area contributed by atoms with Crippen molar-refractivity contribution in [2.24, 2.45) is 5.92 Å². The van der Waals surface area contributed by atoms with Gasteiger partial charge >= 0.3 is 11.9 Å². The van der Waals surface area contributed by atoms with Crippen LogP contribution in [-0.2, 0) is 19.1 Å². The monoisotopic (exact) mass is 890 g/mol. The highest BCUT2D eigenvalue weighted by molar-refractivity contribution is 5.85. The predicted molar refractivity (Wildman–Crippen MR) is 273 cm³/mol. The van der Waals surface area contributed by atoms with E-state index in [1.54, 1.807) is 0 Å². The molecule has 63 heavy (non-hydrogen) atoms. The Morgan fingerprint density at radius 3 is 0.921 bits per heavy atom. The van der Waals surface area contributed by atoms with Gasteiger partial charge in [0.25, 0.3) is 0 Å². The Kier molecular flexibility index (Phi) is 48.6. The molecule has 3 atom stereocenters. The Morgan fingerprint density at radius 1 is 0.381 bits per heavy atom. The second-order valence-electron chi connectivity index (χ2n) is 20.0. The zero-order chi connectivity index (χ0) is 46.1. The van der Waals surface area contributed by atoms with Gasteiger partial charge in [-0.3, -0.25) is 14.4 Å². The summed E-state index contributed by atoms with van der Waals surface area (Å²) < 4.78 is 6.24. The summed E-state index contributed by atoms with van der Waals surface area (Å²) >= 11 is 0. The van der Waals surface area contributed by atoms with E-state index in [1.807, 2.05) is 0 Å². The highest BCUT2D eigenvalue weighted by atomic mass is 16.5. The van der Waals surface area contributed by atoms with Crippen LogP contribution in [0.15, 0.2) is 0 Å². The molecule has 0 aromatic heterocycles. The van der Waals surface area contributed by atoms with Gasteiger partial charge in [-0.05, 0) is 32.6 Å². The van der Waals surface area contributed by atoms with Crippen LogP contribution >= 0.6 is 0 Å².